The predicted molar refractivity (Wildman–Crippen MR) is 85.1 cm³/mol. The Morgan fingerprint density at radius 3 is 2.54 bits per heavy atom. The number of carbonyl (C=O) groups is 1. The maximum Gasteiger partial charge on any atom is 0.271 e. The first-order valence-electron chi connectivity index (χ1n) is 7.42. The summed E-state index contributed by atoms with van der Waals surface area (Å²) in [5, 5.41) is 3.97. The lowest BCUT2D eigenvalue weighted by molar-refractivity contribution is 0.0954. The molecule has 0 saturated carbocycles. The van der Waals surface area contributed by atoms with Crippen LogP contribution < -0.4 is 24.4 Å². The van der Waals surface area contributed by atoms with E-state index in [1.54, 1.807) is 24.4 Å². The Kier molecular flexibility index (Phi) is 3.66. The Balaban J connectivity index is 1.42. The fourth-order valence-electron chi connectivity index (χ4n) is 2.41. The molecule has 0 aromatic heterocycles. The summed E-state index contributed by atoms with van der Waals surface area (Å²) in [6.45, 7) is 1.24. The highest BCUT2D eigenvalue weighted by molar-refractivity contribution is 5.95. The number of nitrogens with one attached hydrogen (secondary N) is 1. The molecule has 122 valence electrons. The van der Waals surface area contributed by atoms with Gasteiger partial charge in [0.1, 0.15) is 13.2 Å². The molecule has 0 atom stereocenters. The van der Waals surface area contributed by atoms with Gasteiger partial charge >= 0.3 is 0 Å². The Labute approximate surface area is 137 Å². The van der Waals surface area contributed by atoms with E-state index < -0.39 is 0 Å². The molecule has 7 heteroatoms. The molecule has 1 N–H and O–H groups in total. The van der Waals surface area contributed by atoms with E-state index in [1.165, 1.54) is 0 Å². The van der Waals surface area contributed by atoms with Crippen molar-refractivity contribution in [1.82, 2.24) is 5.43 Å². The molecule has 24 heavy (non-hydrogen) atoms. The molecule has 0 fully saturated rings. The van der Waals surface area contributed by atoms with Crippen LogP contribution in [0.15, 0.2) is 41.5 Å². The van der Waals surface area contributed by atoms with E-state index >= 15 is 0 Å². The monoisotopic (exact) mass is 326 g/mol. The molecule has 0 unspecified atom stereocenters. The molecule has 2 aromatic rings. The number of ether oxygens (including phenoxy) is 4. The zero-order valence-corrected chi connectivity index (χ0v) is 12.7. The lowest BCUT2D eigenvalue weighted by Crippen LogP contribution is -2.17. The SMILES string of the molecule is O=C(NN=Cc1ccc2c(c1)OCCO2)c1ccc2c(c1)OCO2. The van der Waals surface area contributed by atoms with Crippen LogP contribution in [0.4, 0.5) is 0 Å². The van der Waals surface area contributed by atoms with Gasteiger partial charge in [0.05, 0.1) is 6.21 Å². The van der Waals surface area contributed by atoms with E-state index in [2.05, 4.69) is 10.5 Å². The fraction of sp³-hybridized carbons (Fsp3) is 0.176. The number of rotatable bonds is 3. The molecule has 1 amide bonds. The van der Waals surface area contributed by atoms with Crippen LogP contribution in [0.5, 0.6) is 23.0 Å². The Hall–Kier alpha value is -3.22. The molecule has 0 bridgehead atoms. The third-order valence-corrected chi connectivity index (χ3v) is 3.58. The zero-order valence-electron chi connectivity index (χ0n) is 12.7. The molecule has 0 radical (unpaired) electrons. The minimum Gasteiger partial charge on any atom is -0.486 e. The number of carbonyl (C=O) groups excluding carboxylic acids is 1. The second-order valence-electron chi connectivity index (χ2n) is 5.17. The van der Waals surface area contributed by atoms with Crippen LogP contribution in [-0.4, -0.2) is 32.1 Å². The topological polar surface area (TPSA) is 78.4 Å². The number of nitrogens with zero attached hydrogens (tertiary/aromatic N) is 1. The van der Waals surface area contributed by atoms with Gasteiger partial charge in [0.15, 0.2) is 23.0 Å². The van der Waals surface area contributed by atoms with Crippen molar-refractivity contribution in [1.29, 1.82) is 0 Å². The Morgan fingerprint density at radius 1 is 0.917 bits per heavy atom. The highest BCUT2D eigenvalue weighted by Gasteiger charge is 2.16. The van der Waals surface area contributed by atoms with Gasteiger partial charge in [0, 0.05) is 5.56 Å². The number of fused-ring (bicyclic) bond motifs is 2. The van der Waals surface area contributed by atoms with Crippen LogP contribution in [0.25, 0.3) is 0 Å². The van der Waals surface area contributed by atoms with Gasteiger partial charge in [-0.2, -0.15) is 5.10 Å². The standard InChI is InChI=1S/C17H14N2O5/c20-17(12-2-4-14-16(8-12)24-10-23-14)19-18-9-11-1-3-13-15(7-11)22-6-5-21-13/h1-4,7-9H,5-6,10H2,(H,19,20). The molecule has 2 aliphatic rings. The van der Waals surface area contributed by atoms with E-state index in [0.717, 1.165) is 5.56 Å². The molecular weight excluding hydrogens is 312 g/mol. The summed E-state index contributed by atoms with van der Waals surface area (Å²) in [5.74, 6) is 2.24. The number of hydrazone groups is 1. The summed E-state index contributed by atoms with van der Waals surface area (Å²) in [7, 11) is 0. The first kappa shape index (κ1) is 14.4. The van der Waals surface area contributed by atoms with Crippen LogP contribution in [-0.2, 0) is 0 Å². The van der Waals surface area contributed by atoms with Crippen molar-refractivity contribution in [3.05, 3.63) is 47.5 Å². The summed E-state index contributed by atoms with van der Waals surface area (Å²) in [6, 6.07) is 10.4. The van der Waals surface area contributed by atoms with E-state index in [9.17, 15) is 4.79 Å². The quantitative estimate of drug-likeness (QED) is 0.689. The van der Waals surface area contributed by atoms with Gasteiger partial charge in [-0.25, -0.2) is 5.43 Å². The lowest BCUT2D eigenvalue weighted by Gasteiger charge is -2.18. The van der Waals surface area contributed by atoms with Crippen molar-refractivity contribution in [3.63, 3.8) is 0 Å². The van der Waals surface area contributed by atoms with Gasteiger partial charge < -0.3 is 18.9 Å². The number of benzene rings is 2. The van der Waals surface area contributed by atoms with Crippen molar-refractivity contribution < 1.29 is 23.7 Å². The molecule has 2 aromatic carbocycles. The average molecular weight is 326 g/mol. The number of amides is 1. The molecule has 7 nitrogen and oxygen atoms in total. The van der Waals surface area contributed by atoms with E-state index in [-0.39, 0.29) is 12.7 Å². The van der Waals surface area contributed by atoms with Gasteiger partial charge in [-0.05, 0) is 42.0 Å². The van der Waals surface area contributed by atoms with Gasteiger partial charge in [0.25, 0.3) is 5.91 Å². The van der Waals surface area contributed by atoms with Crippen molar-refractivity contribution in [2.45, 2.75) is 0 Å². The molecule has 4 rings (SSSR count). The predicted octanol–water partition coefficient (Wildman–Crippen LogP) is 1.95. The van der Waals surface area contributed by atoms with Crippen LogP contribution in [0.1, 0.15) is 15.9 Å². The molecule has 0 spiro atoms. The van der Waals surface area contributed by atoms with E-state index in [4.69, 9.17) is 18.9 Å². The van der Waals surface area contributed by atoms with Crippen molar-refractivity contribution >= 4 is 12.1 Å². The molecule has 0 aliphatic carbocycles. The summed E-state index contributed by atoms with van der Waals surface area (Å²) in [5.41, 5.74) is 3.72. The minimum atomic E-state index is -0.331. The Morgan fingerprint density at radius 2 is 1.62 bits per heavy atom. The largest absolute Gasteiger partial charge is 0.486 e. The third-order valence-electron chi connectivity index (χ3n) is 3.58. The fourth-order valence-corrected chi connectivity index (χ4v) is 2.41. The van der Waals surface area contributed by atoms with Crippen LogP contribution in [0, 0.1) is 0 Å². The highest BCUT2D eigenvalue weighted by atomic mass is 16.7. The van der Waals surface area contributed by atoms with Gasteiger partial charge in [-0.15, -0.1) is 0 Å². The Bertz CT molecular complexity index is 819. The minimum absolute atomic E-state index is 0.169. The summed E-state index contributed by atoms with van der Waals surface area (Å²) >= 11 is 0. The third kappa shape index (κ3) is 2.83. The van der Waals surface area contributed by atoms with Crippen LogP contribution >= 0.6 is 0 Å². The highest BCUT2D eigenvalue weighted by Crippen LogP contribution is 2.32. The van der Waals surface area contributed by atoms with Gasteiger partial charge in [0.2, 0.25) is 6.79 Å². The van der Waals surface area contributed by atoms with Crippen molar-refractivity contribution in [2.24, 2.45) is 5.10 Å². The summed E-state index contributed by atoms with van der Waals surface area (Å²) in [6.07, 6.45) is 1.54. The first-order valence-corrected chi connectivity index (χ1v) is 7.42. The summed E-state index contributed by atoms with van der Waals surface area (Å²) < 4.78 is 21.4. The molecule has 0 saturated heterocycles. The molecule has 2 aliphatic heterocycles. The van der Waals surface area contributed by atoms with Gasteiger partial charge in [-0.1, -0.05) is 0 Å². The van der Waals surface area contributed by atoms with E-state index in [0.29, 0.717) is 41.8 Å². The van der Waals surface area contributed by atoms with Crippen LogP contribution in [0.3, 0.4) is 0 Å². The first-order chi connectivity index (χ1) is 11.8. The average Bonchev–Trinajstić information content (AvgIpc) is 3.09. The zero-order chi connectivity index (χ0) is 16.4. The number of hydrogen-bond donors (Lipinski definition) is 1. The lowest BCUT2D eigenvalue weighted by atomic mass is 10.2. The van der Waals surface area contributed by atoms with Crippen LogP contribution in [0.2, 0.25) is 0 Å². The van der Waals surface area contributed by atoms with Gasteiger partial charge in [-0.3, -0.25) is 4.79 Å². The normalized spacial score (nSPS) is 14.7. The molecular formula is C17H14N2O5. The molecule has 2 heterocycles. The maximum absolute atomic E-state index is 12.1. The number of hydrogen-bond acceptors (Lipinski definition) is 6. The second kappa shape index (κ2) is 6.11. The maximum atomic E-state index is 12.1. The summed E-state index contributed by atoms with van der Waals surface area (Å²) in [4.78, 5) is 12.1. The smallest absolute Gasteiger partial charge is 0.271 e. The second-order valence-corrected chi connectivity index (χ2v) is 5.17. The van der Waals surface area contributed by atoms with Crippen molar-refractivity contribution in [3.8, 4) is 23.0 Å². The van der Waals surface area contributed by atoms with E-state index in [1.807, 2.05) is 18.2 Å². The van der Waals surface area contributed by atoms with Crippen molar-refractivity contribution in [2.75, 3.05) is 20.0 Å².